The van der Waals surface area contributed by atoms with Crippen LogP contribution in [0, 0.1) is 0 Å². The lowest BCUT2D eigenvalue weighted by Crippen LogP contribution is -2.25. The maximum atomic E-state index is 12.0. The minimum Gasteiger partial charge on any atom is -0.355 e. The number of hydrogen-bond acceptors (Lipinski definition) is 2. The second kappa shape index (κ2) is 10.0. The molecule has 2 aromatic carbocycles. The molecule has 2 aromatic rings. The molecule has 2 rings (SSSR count). The molecule has 0 fully saturated rings. The smallest absolute Gasteiger partial charge is 0.220 e. The second-order valence-electron chi connectivity index (χ2n) is 7.48. The van der Waals surface area contributed by atoms with Crippen molar-refractivity contribution in [2.45, 2.75) is 44.8 Å². The molecule has 0 radical (unpaired) electrons. The third kappa shape index (κ3) is 7.43. The van der Waals surface area contributed by atoms with Gasteiger partial charge in [0.1, 0.15) is 0 Å². The minimum atomic E-state index is 0.122. The van der Waals surface area contributed by atoms with E-state index in [-0.39, 0.29) is 11.3 Å². The topological polar surface area (TPSA) is 29.1 Å². The van der Waals surface area contributed by atoms with Gasteiger partial charge in [-0.2, -0.15) is 11.8 Å². The van der Waals surface area contributed by atoms with E-state index in [4.69, 9.17) is 11.6 Å². The standard InChI is InChI=1S/C22H28ClNOS/c1-22(2,3)19-9-4-17(5-10-19)8-13-21(25)24-14-15-26-16-18-6-11-20(23)12-7-18/h4-7,9-12H,8,13-16H2,1-3H3,(H,24,25). The molecule has 0 bridgehead atoms. The molecule has 1 amide bonds. The van der Waals surface area contributed by atoms with Gasteiger partial charge in [-0.1, -0.05) is 68.8 Å². The highest BCUT2D eigenvalue weighted by Crippen LogP contribution is 2.22. The van der Waals surface area contributed by atoms with Crippen LogP contribution in [0.4, 0.5) is 0 Å². The van der Waals surface area contributed by atoms with Gasteiger partial charge in [-0.05, 0) is 40.7 Å². The van der Waals surface area contributed by atoms with Crippen molar-refractivity contribution in [3.8, 4) is 0 Å². The monoisotopic (exact) mass is 389 g/mol. The van der Waals surface area contributed by atoms with Gasteiger partial charge in [0.05, 0.1) is 0 Å². The zero-order valence-electron chi connectivity index (χ0n) is 15.8. The van der Waals surface area contributed by atoms with Crippen molar-refractivity contribution in [2.24, 2.45) is 0 Å². The number of nitrogens with one attached hydrogen (secondary N) is 1. The SMILES string of the molecule is CC(C)(C)c1ccc(CCC(=O)NCCSCc2ccc(Cl)cc2)cc1. The van der Waals surface area contributed by atoms with Crippen molar-refractivity contribution in [3.63, 3.8) is 0 Å². The van der Waals surface area contributed by atoms with E-state index in [9.17, 15) is 4.79 Å². The molecule has 0 aromatic heterocycles. The van der Waals surface area contributed by atoms with Crippen LogP contribution in [0.3, 0.4) is 0 Å². The van der Waals surface area contributed by atoms with E-state index in [1.807, 2.05) is 36.0 Å². The third-order valence-corrected chi connectivity index (χ3v) is 5.49. The third-order valence-electron chi connectivity index (χ3n) is 4.21. The van der Waals surface area contributed by atoms with E-state index in [0.29, 0.717) is 13.0 Å². The van der Waals surface area contributed by atoms with Crippen molar-refractivity contribution in [1.82, 2.24) is 5.32 Å². The quantitative estimate of drug-likeness (QED) is 0.593. The van der Waals surface area contributed by atoms with Crippen LogP contribution in [0.1, 0.15) is 43.9 Å². The van der Waals surface area contributed by atoms with Gasteiger partial charge < -0.3 is 5.32 Å². The Balaban J connectivity index is 1.61. The first kappa shape index (κ1) is 20.9. The van der Waals surface area contributed by atoms with Gasteiger partial charge in [-0.15, -0.1) is 0 Å². The predicted octanol–water partition coefficient (Wildman–Crippen LogP) is 5.62. The Kier molecular flexibility index (Phi) is 8.05. The molecule has 4 heteroatoms. The molecule has 0 aliphatic rings. The van der Waals surface area contributed by atoms with Crippen LogP contribution in [-0.2, 0) is 22.4 Å². The molecule has 0 aliphatic heterocycles. The van der Waals surface area contributed by atoms with Crippen molar-refractivity contribution < 1.29 is 4.79 Å². The fourth-order valence-corrected chi connectivity index (χ4v) is 3.50. The van der Waals surface area contributed by atoms with Gasteiger partial charge in [0, 0.05) is 29.5 Å². The molecule has 0 atom stereocenters. The van der Waals surface area contributed by atoms with E-state index in [0.717, 1.165) is 22.9 Å². The zero-order chi connectivity index (χ0) is 19.0. The largest absolute Gasteiger partial charge is 0.355 e. The highest BCUT2D eigenvalue weighted by Gasteiger charge is 2.12. The first-order valence-corrected chi connectivity index (χ1v) is 10.6. The summed E-state index contributed by atoms with van der Waals surface area (Å²) in [5.74, 6) is 1.97. The molecule has 0 saturated carbocycles. The van der Waals surface area contributed by atoms with Gasteiger partial charge in [0.15, 0.2) is 0 Å². The summed E-state index contributed by atoms with van der Waals surface area (Å²) in [4.78, 5) is 12.0. The van der Waals surface area contributed by atoms with Crippen LogP contribution in [-0.4, -0.2) is 18.2 Å². The summed E-state index contributed by atoms with van der Waals surface area (Å²) in [6, 6.07) is 16.5. The molecule has 0 heterocycles. The van der Waals surface area contributed by atoms with E-state index in [1.54, 1.807) is 0 Å². The lowest BCUT2D eigenvalue weighted by molar-refractivity contribution is -0.120. The summed E-state index contributed by atoms with van der Waals surface area (Å²) in [7, 11) is 0. The predicted molar refractivity (Wildman–Crippen MR) is 114 cm³/mol. The molecule has 2 nitrogen and oxygen atoms in total. The molecular weight excluding hydrogens is 362 g/mol. The minimum absolute atomic E-state index is 0.122. The molecule has 1 N–H and O–H groups in total. The Morgan fingerprint density at radius 3 is 2.23 bits per heavy atom. The number of hydrogen-bond donors (Lipinski definition) is 1. The fraction of sp³-hybridized carbons (Fsp3) is 0.409. The number of benzene rings is 2. The summed E-state index contributed by atoms with van der Waals surface area (Å²) in [5, 5.41) is 3.77. The highest BCUT2D eigenvalue weighted by molar-refractivity contribution is 7.98. The molecule has 0 spiro atoms. The molecule has 26 heavy (non-hydrogen) atoms. The van der Waals surface area contributed by atoms with Crippen LogP contribution in [0.15, 0.2) is 48.5 Å². The number of rotatable bonds is 8. The first-order chi connectivity index (χ1) is 12.3. The highest BCUT2D eigenvalue weighted by atomic mass is 35.5. The Hall–Kier alpha value is -1.45. The van der Waals surface area contributed by atoms with Gasteiger partial charge in [-0.3, -0.25) is 4.79 Å². The number of thioether (sulfide) groups is 1. The van der Waals surface area contributed by atoms with Gasteiger partial charge in [0.2, 0.25) is 5.91 Å². The maximum Gasteiger partial charge on any atom is 0.220 e. The summed E-state index contributed by atoms with van der Waals surface area (Å²) in [6.45, 7) is 7.33. The molecule has 0 saturated heterocycles. The van der Waals surface area contributed by atoms with E-state index < -0.39 is 0 Å². The average Bonchev–Trinajstić information content (AvgIpc) is 2.61. The number of aryl methyl sites for hydroxylation is 1. The van der Waals surface area contributed by atoms with E-state index in [1.165, 1.54) is 16.7 Å². The fourth-order valence-electron chi connectivity index (χ4n) is 2.55. The second-order valence-corrected chi connectivity index (χ2v) is 9.02. The lowest BCUT2D eigenvalue weighted by Gasteiger charge is -2.19. The number of carbonyl (C=O) groups excluding carboxylic acids is 1. The Bertz CT molecular complexity index is 690. The van der Waals surface area contributed by atoms with Gasteiger partial charge in [0.25, 0.3) is 0 Å². The maximum absolute atomic E-state index is 12.0. The summed E-state index contributed by atoms with van der Waals surface area (Å²) < 4.78 is 0. The van der Waals surface area contributed by atoms with Gasteiger partial charge >= 0.3 is 0 Å². The Labute approximate surface area is 166 Å². The Morgan fingerprint density at radius 1 is 1.00 bits per heavy atom. The van der Waals surface area contributed by atoms with Crippen molar-refractivity contribution in [3.05, 3.63) is 70.2 Å². The normalized spacial score (nSPS) is 11.4. The summed E-state index contributed by atoms with van der Waals surface area (Å²) in [5.41, 5.74) is 3.96. The first-order valence-electron chi connectivity index (χ1n) is 9.03. The van der Waals surface area contributed by atoms with Crippen LogP contribution >= 0.6 is 23.4 Å². The van der Waals surface area contributed by atoms with Crippen molar-refractivity contribution in [1.29, 1.82) is 0 Å². The van der Waals surface area contributed by atoms with Crippen LogP contribution in [0.25, 0.3) is 0 Å². The summed E-state index contributed by atoms with van der Waals surface area (Å²) in [6.07, 6.45) is 1.32. The van der Waals surface area contributed by atoms with E-state index in [2.05, 4.69) is 50.4 Å². The molecule has 0 aliphatic carbocycles. The lowest BCUT2D eigenvalue weighted by atomic mass is 9.86. The van der Waals surface area contributed by atoms with Crippen molar-refractivity contribution >= 4 is 29.3 Å². The number of carbonyl (C=O) groups is 1. The van der Waals surface area contributed by atoms with Crippen LogP contribution in [0.5, 0.6) is 0 Å². The molecule has 140 valence electrons. The number of halogens is 1. The van der Waals surface area contributed by atoms with Crippen LogP contribution in [0.2, 0.25) is 5.02 Å². The zero-order valence-corrected chi connectivity index (χ0v) is 17.4. The van der Waals surface area contributed by atoms with Crippen LogP contribution < -0.4 is 5.32 Å². The molecular formula is C22H28ClNOS. The number of amides is 1. The van der Waals surface area contributed by atoms with Gasteiger partial charge in [-0.25, -0.2) is 0 Å². The Morgan fingerprint density at radius 2 is 1.62 bits per heavy atom. The molecule has 0 unspecified atom stereocenters. The average molecular weight is 390 g/mol. The van der Waals surface area contributed by atoms with Crippen molar-refractivity contribution in [2.75, 3.05) is 12.3 Å². The van der Waals surface area contributed by atoms with E-state index >= 15 is 0 Å². The summed E-state index contributed by atoms with van der Waals surface area (Å²) >= 11 is 7.69.